The molecule has 4 nitrogen and oxygen atoms in total. The molecule has 112 valence electrons. The number of nitrogens with two attached hydrogens (primary N) is 1. The highest BCUT2D eigenvalue weighted by atomic mass is 32.2. The van der Waals surface area contributed by atoms with Gasteiger partial charge in [0.15, 0.2) is 0 Å². The molecule has 0 fully saturated rings. The number of hydrogen-bond donors (Lipinski definition) is 2. The van der Waals surface area contributed by atoms with Crippen molar-refractivity contribution in [1.82, 2.24) is 5.32 Å². The van der Waals surface area contributed by atoms with Crippen LogP contribution in [0.4, 0.5) is 0 Å². The van der Waals surface area contributed by atoms with Crippen LogP contribution in [-0.2, 0) is 4.79 Å². The van der Waals surface area contributed by atoms with Crippen LogP contribution in [0.25, 0.3) is 0 Å². The van der Waals surface area contributed by atoms with Crippen LogP contribution in [0, 0.1) is 0 Å². The highest BCUT2D eigenvalue weighted by molar-refractivity contribution is 7.98. The lowest BCUT2D eigenvalue weighted by Crippen LogP contribution is -2.42. The number of para-hydroxylation sites is 1. The summed E-state index contributed by atoms with van der Waals surface area (Å²) < 4.78 is 5.35. The second kappa shape index (κ2) is 8.87. The predicted octanol–water partition coefficient (Wildman–Crippen LogP) is 2.34. The van der Waals surface area contributed by atoms with Gasteiger partial charge in [-0.05, 0) is 30.9 Å². The van der Waals surface area contributed by atoms with Crippen molar-refractivity contribution in [2.24, 2.45) is 5.73 Å². The van der Waals surface area contributed by atoms with Gasteiger partial charge < -0.3 is 15.8 Å². The third-order valence-corrected chi connectivity index (χ3v) is 3.85. The summed E-state index contributed by atoms with van der Waals surface area (Å²) in [4.78, 5) is 12.1. The van der Waals surface area contributed by atoms with Gasteiger partial charge in [0.1, 0.15) is 5.75 Å². The maximum absolute atomic E-state index is 12.1. The highest BCUT2D eigenvalue weighted by Crippen LogP contribution is 2.26. The molecule has 0 saturated heterocycles. The van der Waals surface area contributed by atoms with Gasteiger partial charge in [-0.15, -0.1) is 0 Å². The first kappa shape index (κ1) is 16.9. The summed E-state index contributed by atoms with van der Waals surface area (Å²) in [5.41, 5.74) is 6.89. The summed E-state index contributed by atoms with van der Waals surface area (Å²) in [7, 11) is 1.64. The maximum Gasteiger partial charge on any atom is 0.237 e. The minimum Gasteiger partial charge on any atom is -0.496 e. The smallest absolute Gasteiger partial charge is 0.237 e. The molecule has 1 amide bonds. The molecule has 0 radical (unpaired) electrons. The van der Waals surface area contributed by atoms with Gasteiger partial charge in [0.2, 0.25) is 5.91 Å². The molecule has 0 spiro atoms. The number of ether oxygens (including phenoxy) is 1. The summed E-state index contributed by atoms with van der Waals surface area (Å²) in [5.74, 6) is 1.58. The minimum absolute atomic E-state index is 0.0704. The fourth-order valence-electron chi connectivity index (χ4n) is 2.01. The van der Waals surface area contributed by atoms with Crippen LogP contribution in [0.5, 0.6) is 5.75 Å². The summed E-state index contributed by atoms with van der Waals surface area (Å²) in [5, 5.41) is 3.01. The summed E-state index contributed by atoms with van der Waals surface area (Å²) >= 11 is 1.69. The molecule has 0 saturated carbocycles. The van der Waals surface area contributed by atoms with Crippen molar-refractivity contribution in [2.45, 2.75) is 31.8 Å². The zero-order valence-corrected chi connectivity index (χ0v) is 13.2. The monoisotopic (exact) mass is 296 g/mol. The molecule has 3 N–H and O–H groups in total. The average Bonchev–Trinajstić information content (AvgIpc) is 2.49. The Kier molecular flexibility index (Phi) is 7.47. The summed E-state index contributed by atoms with van der Waals surface area (Å²) in [6, 6.07) is 7.21. The minimum atomic E-state index is -0.453. The summed E-state index contributed by atoms with van der Waals surface area (Å²) in [6.07, 6.45) is 3.49. The first-order chi connectivity index (χ1) is 9.63. The standard InChI is InChI=1S/C15H24N2O2S/c1-4-13(11-7-5-6-8-14(11)19-2)17-15(18)12(16)9-10-20-3/h5-8,12-13H,4,9-10,16H2,1-3H3,(H,17,18)/t12-,13?/m1/s1. The van der Waals surface area contributed by atoms with E-state index in [4.69, 9.17) is 10.5 Å². The quantitative estimate of drug-likeness (QED) is 0.773. The Bertz CT molecular complexity index is 426. The fourth-order valence-corrected chi connectivity index (χ4v) is 2.50. The molecule has 2 atom stereocenters. The van der Waals surface area contributed by atoms with E-state index < -0.39 is 6.04 Å². The zero-order valence-electron chi connectivity index (χ0n) is 12.4. The first-order valence-electron chi connectivity index (χ1n) is 6.81. The Hall–Kier alpha value is -1.20. The van der Waals surface area contributed by atoms with Gasteiger partial charge in [-0.1, -0.05) is 25.1 Å². The van der Waals surface area contributed by atoms with Crippen molar-refractivity contribution in [2.75, 3.05) is 19.1 Å². The van der Waals surface area contributed by atoms with E-state index in [-0.39, 0.29) is 11.9 Å². The van der Waals surface area contributed by atoms with Crippen molar-refractivity contribution < 1.29 is 9.53 Å². The van der Waals surface area contributed by atoms with E-state index in [1.807, 2.05) is 37.4 Å². The molecule has 0 aliphatic carbocycles. The van der Waals surface area contributed by atoms with Crippen molar-refractivity contribution in [3.8, 4) is 5.75 Å². The van der Waals surface area contributed by atoms with E-state index in [0.29, 0.717) is 6.42 Å². The lowest BCUT2D eigenvalue weighted by Gasteiger charge is -2.22. The summed E-state index contributed by atoms with van der Waals surface area (Å²) in [6.45, 7) is 2.03. The van der Waals surface area contributed by atoms with E-state index in [1.165, 1.54) is 0 Å². The molecular formula is C15H24N2O2S. The topological polar surface area (TPSA) is 64.4 Å². The maximum atomic E-state index is 12.1. The predicted molar refractivity (Wildman–Crippen MR) is 85.1 cm³/mol. The van der Waals surface area contributed by atoms with Crippen LogP contribution in [-0.4, -0.2) is 31.1 Å². The van der Waals surface area contributed by atoms with Gasteiger partial charge in [0, 0.05) is 5.56 Å². The Morgan fingerprint density at radius 2 is 2.15 bits per heavy atom. The van der Waals surface area contributed by atoms with E-state index in [9.17, 15) is 4.79 Å². The molecular weight excluding hydrogens is 272 g/mol. The van der Waals surface area contributed by atoms with Gasteiger partial charge in [-0.2, -0.15) is 11.8 Å². The molecule has 20 heavy (non-hydrogen) atoms. The molecule has 0 aromatic heterocycles. The van der Waals surface area contributed by atoms with Gasteiger partial charge in [-0.3, -0.25) is 4.79 Å². The molecule has 5 heteroatoms. The number of rotatable bonds is 8. The van der Waals surface area contributed by atoms with E-state index in [0.717, 1.165) is 23.5 Å². The number of hydrogen-bond acceptors (Lipinski definition) is 4. The third kappa shape index (κ3) is 4.72. The number of carbonyl (C=O) groups is 1. The molecule has 1 unspecified atom stereocenters. The number of amides is 1. The number of thioether (sulfide) groups is 1. The third-order valence-electron chi connectivity index (χ3n) is 3.21. The van der Waals surface area contributed by atoms with Gasteiger partial charge in [0.05, 0.1) is 19.2 Å². The SMILES string of the molecule is CCC(NC(=O)[C@H](N)CCSC)c1ccccc1OC. The highest BCUT2D eigenvalue weighted by Gasteiger charge is 2.20. The Morgan fingerprint density at radius 3 is 2.75 bits per heavy atom. The van der Waals surface area contributed by atoms with Crippen LogP contribution < -0.4 is 15.8 Å². The molecule has 0 aliphatic rings. The molecule has 1 aromatic carbocycles. The van der Waals surface area contributed by atoms with Crippen LogP contribution in [0.1, 0.15) is 31.4 Å². The Morgan fingerprint density at radius 1 is 1.45 bits per heavy atom. The van der Waals surface area contributed by atoms with Crippen LogP contribution in [0.2, 0.25) is 0 Å². The average molecular weight is 296 g/mol. The number of nitrogens with one attached hydrogen (secondary N) is 1. The number of benzene rings is 1. The van der Waals surface area contributed by atoms with Gasteiger partial charge in [0.25, 0.3) is 0 Å². The van der Waals surface area contributed by atoms with Crippen LogP contribution in [0.3, 0.4) is 0 Å². The normalized spacial score (nSPS) is 13.6. The second-order valence-electron chi connectivity index (χ2n) is 4.60. The van der Waals surface area contributed by atoms with E-state index in [2.05, 4.69) is 5.32 Å². The van der Waals surface area contributed by atoms with Crippen molar-refractivity contribution >= 4 is 17.7 Å². The van der Waals surface area contributed by atoms with E-state index in [1.54, 1.807) is 18.9 Å². The Labute approximate surface area is 125 Å². The van der Waals surface area contributed by atoms with Crippen molar-refractivity contribution in [1.29, 1.82) is 0 Å². The molecule has 1 rings (SSSR count). The molecule has 0 aliphatic heterocycles. The second-order valence-corrected chi connectivity index (χ2v) is 5.58. The molecule has 1 aromatic rings. The fraction of sp³-hybridized carbons (Fsp3) is 0.533. The van der Waals surface area contributed by atoms with Gasteiger partial charge in [-0.25, -0.2) is 0 Å². The van der Waals surface area contributed by atoms with Gasteiger partial charge >= 0.3 is 0 Å². The molecule has 0 heterocycles. The van der Waals surface area contributed by atoms with Crippen molar-refractivity contribution in [3.63, 3.8) is 0 Å². The first-order valence-corrected chi connectivity index (χ1v) is 8.21. The lowest BCUT2D eigenvalue weighted by atomic mass is 10.0. The number of carbonyl (C=O) groups excluding carboxylic acids is 1. The van der Waals surface area contributed by atoms with E-state index >= 15 is 0 Å². The van der Waals surface area contributed by atoms with Crippen molar-refractivity contribution in [3.05, 3.63) is 29.8 Å². The lowest BCUT2D eigenvalue weighted by molar-refractivity contribution is -0.123. The van der Waals surface area contributed by atoms with Crippen LogP contribution in [0.15, 0.2) is 24.3 Å². The Balaban J connectivity index is 2.74. The number of methoxy groups -OCH3 is 1. The molecule has 0 bridgehead atoms. The largest absolute Gasteiger partial charge is 0.496 e. The van der Waals surface area contributed by atoms with Crippen LogP contribution >= 0.6 is 11.8 Å². The zero-order chi connectivity index (χ0) is 15.0.